The van der Waals surface area contributed by atoms with E-state index in [-0.39, 0.29) is 0 Å². The molecule has 33 heavy (non-hydrogen) atoms. The smallest absolute Gasteiger partial charge is 0.155 e. The summed E-state index contributed by atoms with van der Waals surface area (Å²) in [6.45, 7) is 3.70. The van der Waals surface area contributed by atoms with Gasteiger partial charge in [-0.3, -0.25) is 0 Å². The molecular formula is C25H25N7O. The van der Waals surface area contributed by atoms with Gasteiger partial charge in [0.25, 0.3) is 0 Å². The number of imidazole rings is 1. The Hall–Kier alpha value is -4.09. The lowest BCUT2D eigenvalue weighted by molar-refractivity contribution is 0.122. The lowest BCUT2D eigenvalue weighted by Crippen LogP contribution is -2.36. The minimum atomic E-state index is 0.345. The molecule has 0 spiro atoms. The number of morpholine rings is 1. The normalized spacial score (nSPS) is 13.6. The number of rotatable bonds is 6. The molecule has 2 aromatic heterocycles. The summed E-state index contributed by atoms with van der Waals surface area (Å²) in [5, 5.41) is 6.55. The van der Waals surface area contributed by atoms with Gasteiger partial charge < -0.3 is 24.8 Å². The summed E-state index contributed by atoms with van der Waals surface area (Å²) in [5.74, 6) is 3.85. The maximum atomic E-state index is 5.49. The summed E-state index contributed by atoms with van der Waals surface area (Å²) in [7, 11) is 1.97. The minimum Gasteiger partial charge on any atom is -0.378 e. The van der Waals surface area contributed by atoms with E-state index >= 15 is 0 Å². The topological polar surface area (TPSA) is 80.1 Å². The van der Waals surface area contributed by atoms with Crippen molar-refractivity contribution in [3.63, 3.8) is 0 Å². The van der Waals surface area contributed by atoms with E-state index in [0.717, 1.165) is 48.6 Å². The van der Waals surface area contributed by atoms with Crippen molar-refractivity contribution in [3.05, 3.63) is 55.0 Å². The average Bonchev–Trinajstić information content (AvgIpc) is 3.25. The molecule has 2 aromatic carbocycles. The van der Waals surface area contributed by atoms with Crippen molar-refractivity contribution in [1.82, 2.24) is 19.5 Å². The van der Waals surface area contributed by atoms with Crippen LogP contribution in [0.3, 0.4) is 0 Å². The molecule has 8 nitrogen and oxygen atoms in total. The fraction of sp³-hybridized carbons (Fsp3) is 0.240. The van der Waals surface area contributed by atoms with Crippen LogP contribution in [0.5, 0.6) is 0 Å². The third-order valence-electron chi connectivity index (χ3n) is 5.66. The molecule has 0 amide bonds. The van der Waals surface area contributed by atoms with Gasteiger partial charge in [0.1, 0.15) is 5.69 Å². The van der Waals surface area contributed by atoms with Crippen LogP contribution in [0.25, 0.3) is 22.3 Å². The van der Waals surface area contributed by atoms with Crippen molar-refractivity contribution in [3.8, 4) is 23.6 Å². The van der Waals surface area contributed by atoms with Crippen molar-refractivity contribution in [2.24, 2.45) is 7.05 Å². The number of benzene rings is 2. The molecular weight excluding hydrogens is 414 g/mol. The quantitative estimate of drug-likeness (QED) is 0.444. The minimum absolute atomic E-state index is 0.345. The van der Waals surface area contributed by atoms with Gasteiger partial charge in [-0.25, -0.2) is 15.0 Å². The van der Waals surface area contributed by atoms with E-state index in [2.05, 4.69) is 38.6 Å². The number of hydrogen-bond acceptors (Lipinski definition) is 7. The predicted molar refractivity (Wildman–Crippen MR) is 132 cm³/mol. The molecule has 1 aliphatic rings. The first kappa shape index (κ1) is 20.8. The Labute approximate surface area is 192 Å². The highest BCUT2D eigenvalue weighted by Gasteiger charge is 2.15. The van der Waals surface area contributed by atoms with Crippen molar-refractivity contribution in [2.75, 3.05) is 48.4 Å². The maximum absolute atomic E-state index is 5.49. The monoisotopic (exact) mass is 439 g/mol. The highest BCUT2D eigenvalue weighted by molar-refractivity contribution is 5.94. The van der Waals surface area contributed by atoms with E-state index in [1.165, 1.54) is 5.69 Å². The number of fused-ring (bicyclic) bond motifs is 1. The van der Waals surface area contributed by atoms with Crippen LogP contribution in [-0.4, -0.2) is 52.4 Å². The Balaban J connectivity index is 1.43. The zero-order valence-corrected chi connectivity index (χ0v) is 18.5. The number of hydrogen-bond donors (Lipinski definition) is 2. The van der Waals surface area contributed by atoms with Crippen molar-refractivity contribution in [2.45, 2.75) is 0 Å². The number of para-hydroxylation sites is 1. The molecule has 0 radical (unpaired) electrons. The van der Waals surface area contributed by atoms with Crippen LogP contribution in [0.15, 0.2) is 55.0 Å². The number of anilines is 4. The first-order valence-electron chi connectivity index (χ1n) is 10.9. The molecule has 8 heteroatoms. The molecule has 3 heterocycles. The van der Waals surface area contributed by atoms with Crippen LogP contribution >= 0.6 is 0 Å². The summed E-state index contributed by atoms with van der Waals surface area (Å²) in [4.78, 5) is 16.4. The van der Waals surface area contributed by atoms with Crippen LogP contribution < -0.4 is 15.5 Å². The molecule has 0 aliphatic carbocycles. The summed E-state index contributed by atoms with van der Waals surface area (Å²) in [5.41, 5.74) is 5.63. The summed E-state index contributed by atoms with van der Waals surface area (Å²) < 4.78 is 7.42. The Morgan fingerprint density at radius 3 is 2.70 bits per heavy atom. The number of terminal acetylenes is 1. The summed E-state index contributed by atoms with van der Waals surface area (Å²) in [6, 6.07) is 14.3. The Bertz CT molecular complexity index is 1300. The Kier molecular flexibility index (Phi) is 5.79. The van der Waals surface area contributed by atoms with E-state index in [0.29, 0.717) is 23.9 Å². The second-order valence-electron chi connectivity index (χ2n) is 7.81. The second kappa shape index (κ2) is 9.18. The van der Waals surface area contributed by atoms with E-state index in [1.807, 2.05) is 41.9 Å². The number of aromatic nitrogens is 4. The molecule has 5 rings (SSSR count). The van der Waals surface area contributed by atoms with E-state index in [4.69, 9.17) is 21.1 Å². The molecule has 2 N–H and O–H groups in total. The number of ether oxygens (including phenoxy) is 1. The zero-order valence-electron chi connectivity index (χ0n) is 18.5. The molecule has 1 aliphatic heterocycles. The SMILES string of the molecule is C#CCNc1nc(Nc2ccc(N3CCOCC3)cc2)cnc1-c1cccc2c1ncn2C. The number of nitrogens with zero attached hydrogens (tertiary/aromatic N) is 5. The van der Waals surface area contributed by atoms with Gasteiger partial charge in [-0.2, -0.15) is 0 Å². The molecule has 0 atom stereocenters. The summed E-state index contributed by atoms with van der Waals surface area (Å²) in [6.07, 6.45) is 9.02. The van der Waals surface area contributed by atoms with Crippen molar-refractivity contribution in [1.29, 1.82) is 0 Å². The third kappa shape index (κ3) is 4.31. The van der Waals surface area contributed by atoms with E-state index in [9.17, 15) is 0 Å². The van der Waals surface area contributed by atoms with Crippen LogP contribution in [0.4, 0.5) is 23.0 Å². The van der Waals surface area contributed by atoms with Crippen molar-refractivity contribution >= 4 is 34.0 Å². The first-order valence-corrected chi connectivity index (χ1v) is 10.9. The van der Waals surface area contributed by atoms with Gasteiger partial charge >= 0.3 is 0 Å². The largest absolute Gasteiger partial charge is 0.378 e. The van der Waals surface area contributed by atoms with Crippen LogP contribution in [-0.2, 0) is 11.8 Å². The molecule has 0 bridgehead atoms. The molecule has 4 aromatic rings. The first-order chi connectivity index (χ1) is 16.2. The maximum Gasteiger partial charge on any atom is 0.155 e. The van der Waals surface area contributed by atoms with Gasteiger partial charge in [0, 0.05) is 37.1 Å². The van der Waals surface area contributed by atoms with Gasteiger partial charge in [0.2, 0.25) is 0 Å². The second-order valence-corrected chi connectivity index (χ2v) is 7.81. The summed E-state index contributed by atoms with van der Waals surface area (Å²) >= 11 is 0. The molecule has 166 valence electrons. The predicted octanol–water partition coefficient (Wildman–Crippen LogP) is 3.66. The van der Waals surface area contributed by atoms with E-state index < -0.39 is 0 Å². The lowest BCUT2D eigenvalue weighted by Gasteiger charge is -2.28. The van der Waals surface area contributed by atoms with Crippen molar-refractivity contribution < 1.29 is 4.74 Å². The number of nitrogens with one attached hydrogen (secondary N) is 2. The standard InChI is InChI=1S/C25H25N7O/c1-3-11-26-25-24(20-5-4-6-21-23(20)28-17-31(21)2)27-16-22(30-25)29-18-7-9-19(10-8-18)32-12-14-33-15-13-32/h1,4-10,16-17H,11-15H2,2H3,(H2,26,29,30). The van der Waals surface area contributed by atoms with Gasteiger partial charge in [0.15, 0.2) is 11.6 Å². The highest BCUT2D eigenvalue weighted by atomic mass is 16.5. The average molecular weight is 440 g/mol. The third-order valence-corrected chi connectivity index (χ3v) is 5.66. The van der Waals surface area contributed by atoms with Gasteiger partial charge in [-0.15, -0.1) is 6.42 Å². The molecule has 1 saturated heterocycles. The fourth-order valence-corrected chi connectivity index (χ4v) is 3.98. The molecule has 0 unspecified atom stereocenters. The molecule has 1 fully saturated rings. The van der Waals surface area contributed by atoms with Crippen LogP contribution in [0, 0.1) is 12.3 Å². The van der Waals surface area contributed by atoms with Crippen LogP contribution in [0.1, 0.15) is 0 Å². The lowest BCUT2D eigenvalue weighted by atomic mass is 10.1. The van der Waals surface area contributed by atoms with Crippen LogP contribution in [0.2, 0.25) is 0 Å². The van der Waals surface area contributed by atoms with E-state index in [1.54, 1.807) is 12.5 Å². The Morgan fingerprint density at radius 1 is 1.09 bits per heavy atom. The zero-order chi connectivity index (χ0) is 22.6. The highest BCUT2D eigenvalue weighted by Crippen LogP contribution is 2.31. The van der Waals surface area contributed by atoms with Gasteiger partial charge in [0.05, 0.1) is 43.3 Å². The Morgan fingerprint density at radius 2 is 1.91 bits per heavy atom. The number of aryl methyl sites for hydroxylation is 1. The van der Waals surface area contributed by atoms with Gasteiger partial charge in [-0.1, -0.05) is 18.1 Å². The fourth-order valence-electron chi connectivity index (χ4n) is 3.98. The van der Waals surface area contributed by atoms with Gasteiger partial charge in [-0.05, 0) is 30.3 Å². The molecule has 0 saturated carbocycles.